The molecule has 0 aliphatic carbocycles. The standard InChI is InChI=1S/C15H17Cl2N3/c1-10(11-4-3-5-13(16)8-11)20(2)15-14(17)12(9-18)6-7-19-15/h3-8,10H,9,18H2,1-2H3. The van der Waals surface area contributed by atoms with Crippen LogP contribution >= 0.6 is 23.2 Å². The van der Waals surface area contributed by atoms with Crippen molar-refractivity contribution < 1.29 is 0 Å². The van der Waals surface area contributed by atoms with Crippen LogP contribution in [0.5, 0.6) is 0 Å². The molecule has 0 amide bonds. The number of nitrogens with zero attached hydrogens (tertiary/aromatic N) is 2. The minimum absolute atomic E-state index is 0.103. The average Bonchev–Trinajstić information content (AvgIpc) is 2.46. The summed E-state index contributed by atoms with van der Waals surface area (Å²) in [5.41, 5.74) is 7.68. The molecule has 1 heterocycles. The average molecular weight is 310 g/mol. The number of pyridine rings is 1. The summed E-state index contributed by atoms with van der Waals surface area (Å²) in [5.74, 6) is 0.724. The van der Waals surface area contributed by atoms with E-state index in [0.717, 1.165) is 22.0 Å². The third-order valence-electron chi connectivity index (χ3n) is 3.42. The van der Waals surface area contributed by atoms with Crippen LogP contribution in [0.4, 0.5) is 5.82 Å². The molecule has 0 spiro atoms. The highest BCUT2D eigenvalue weighted by atomic mass is 35.5. The van der Waals surface area contributed by atoms with E-state index in [2.05, 4.69) is 11.9 Å². The van der Waals surface area contributed by atoms with Gasteiger partial charge in [-0.15, -0.1) is 0 Å². The molecular formula is C15H17Cl2N3. The van der Waals surface area contributed by atoms with Crippen molar-refractivity contribution in [2.45, 2.75) is 19.5 Å². The molecular weight excluding hydrogens is 293 g/mol. The lowest BCUT2D eigenvalue weighted by Gasteiger charge is -2.27. The van der Waals surface area contributed by atoms with E-state index in [0.29, 0.717) is 11.6 Å². The molecule has 1 unspecified atom stereocenters. The Morgan fingerprint density at radius 3 is 2.70 bits per heavy atom. The quantitative estimate of drug-likeness (QED) is 0.926. The van der Waals surface area contributed by atoms with Crippen LogP contribution in [0.2, 0.25) is 10.0 Å². The molecule has 0 saturated heterocycles. The van der Waals surface area contributed by atoms with Gasteiger partial charge in [-0.05, 0) is 36.2 Å². The Bertz CT molecular complexity index is 601. The number of aromatic nitrogens is 1. The fourth-order valence-corrected chi connectivity index (χ4v) is 2.57. The molecule has 5 heteroatoms. The molecule has 0 aliphatic rings. The molecule has 2 N–H and O–H groups in total. The number of rotatable bonds is 4. The minimum Gasteiger partial charge on any atom is -0.352 e. The monoisotopic (exact) mass is 309 g/mol. The predicted molar refractivity (Wildman–Crippen MR) is 85.4 cm³/mol. The van der Waals surface area contributed by atoms with Crippen molar-refractivity contribution in [3.63, 3.8) is 0 Å². The second-order valence-corrected chi connectivity index (χ2v) is 5.47. The second kappa shape index (κ2) is 6.44. The topological polar surface area (TPSA) is 42.2 Å². The van der Waals surface area contributed by atoms with Crippen molar-refractivity contribution in [3.8, 4) is 0 Å². The number of hydrogen-bond acceptors (Lipinski definition) is 3. The zero-order valence-corrected chi connectivity index (χ0v) is 13.0. The van der Waals surface area contributed by atoms with Gasteiger partial charge in [0.15, 0.2) is 0 Å². The maximum Gasteiger partial charge on any atom is 0.147 e. The van der Waals surface area contributed by atoms with Crippen LogP contribution in [0.1, 0.15) is 24.1 Å². The molecule has 0 fully saturated rings. The third kappa shape index (κ3) is 3.06. The van der Waals surface area contributed by atoms with E-state index in [-0.39, 0.29) is 6.04 Å². The van der Waals surface area contributed by atoms with Crippen LogP contribution < -0.4 is 10.6 Å². The van der Waals surface area contributed by atoms with Gasteiger partial charge in [0.2, 0.25) is 0 Å². The normalized spacial score (nSPS) is 12.2. The van der Waals surface area contributed by atoms with Crippen molar-refractivity contribution >= 4 is 29.0 Å². The molecule has 1 atom stereocenters. The minimum atomic E-state index is 0.103. The largest absolute Gasteiger partial charge is 0.352 e. The molecule has 20 heavy (non-hydrogen) atoms. The number of anilines is 1. The molecule has 0 aliphatic heterocycles. The number of hydrogen-bond donors (Lipinski definition) is 1. The molecule has 0 bridgehead atoms. The summed E-state index contributed by atoms with van der Waals surface area (Å²) in [5, 5.41) is 1.32. The molecule has 2 aromatic rings. The van der Waals surface area contributed by atoms with Gasteiger partial charge in [-0.1, -0.05) is 35.3 Å². The molecule has 2 rings (SSSR count). The van der Waals surface area contributed by atoms with Crippen molar-refractivity contribution in [3.05, 3.63) is 57.7 Å². The summed E-state index contributed by atoms with van der Waals surface area (Å²) < 4.78 is 0. The maximum atomic E-state index is 6.36. The fourth-order valence-electron chi connectivity index (χ4n) is 2.05. The Hall–Kier alpha value is -1.29. The van der Waals surface area contributed by atoms with Gasteiger partial charge in [0.25, 0.3) is 0 Å². The van der Waals surface area contributed by atoms with Gasteiger partial charge in [0.1, 0.15) is 5.82 Å². The first kappa shape index (κ1) is 15.1. The zero-order valence-electron chi connectivity index (χ0n) is 11.5. The Morgan fingerprint density at radius 1 is 1.30 bits per heavy atom. The molecule has 0 radical (unpaired) electrons. The summed E-state index contributed by atoms with van der Waals surface area (Å²) in [7, 11) is 1.96. The van der Waals surface area contributed by atoms with Crippen LogP contribution in [0.3, 0.4) is 0 Å². The van der Waals surface area contributed by atoms with E-state index in [1.54, 1.807) is 6.20 Å². The lowest BCUT2D eigenvalue weighted by Crippen LogP contribution is -2.23. The summed E-state index contributed by atoms with van der Waals surface area (Å²) >= 11 is 12.4. The van der Waals surface area contributed by atoms with Crippen molar-refractivity contribution in [1.29, 1.82) is 0 Å². The Kier molecular flexibility index (Phi) is 4.86. The molecule has 1 aromatic heterocycles. The second-order valence-electron chi connectivity index (χ2n) is 4.65. The van der Waals surface area contributed by atoms with Gasteiger partial charge in [0, 0.05) is 24.8 Å². The van der Waals surface area contributed by atoms with E-state index < -0.39 is 0 Å². The molecule has 1 aromatic carbocycles. The van der Waals surface area contributed by atoms with Crippen LogP contribution in [0.25, 0.3) is 0 Å². The highest BCUT2D eigenvalue weighted by molar-refractivity contribution is 6.33. The SMILES string of the molecule is CC(c1cccc(Cl)c1)N(C)c1nccc(CN)c1Cl. The maximum absolute atomic E-state index is 6.36. The van der Waals surface area contributed by atoms with Gasteiger partial charge in [-0.3, -0.25) is 0 Å². The van der Waals surface area contributed by atoms with E-state index in [9.17, 15) is 0 Å². The van der Waals surface area contributed by atoms with Crippen molar-refractivity contribution in [1.82, 2.24) is 4.98 Å². The van der Waals surface area contributed by atoms with Gasteiger partial charge >= 0.3 is 0 Å². The first-order valence-corrected chi connectivity index (χ1v) is 7.12. The number of nitrogens with two attached hydrogens (primary N) is 1. The predicted octanol–water partition coefficient (Wildman–Crippen LogP) is 4.04. The van der Waals surface area contributed by atoms with Gasteiger partial charge in [-0.2, -0.15) is 0 Å². The molecule has 3 nitrogen and oxygen atoms in total. The Balaban J connectivity index is 2.33. The molecule has 106 valence electrons. The van der Waals surface area contributed by atoms with Gasteiger partial charge in [0.05, 0.1) is 11.1 Å². The van der Waals surface area contributed by atoms with Crippen LogP contribution in [0.15, 0.2) is 36.5 Å². The first-order chi connectivity index (χ1) is 9.54. The zero-order chi connectivity index (χ0) is 14.7. The lowest BCUT2D eigenvalue weighted by molar-refractivity contribution is 0.728. The lowest BCUT2D eigenvalue weighted by atomic mass is 10.1. The summed E-state index contributed by atoms with van der Waals surface area (Å²) in [6.07, 6.45) is 1.73. The summed E-state index contributed by atoms with van der Waals surface area (Å²) in [6.45, 7) is 2.48. The van der Waals surface area contributed by atoms with Crippen LogP contribution in [-0.2, 0) is 6.54 Å². The number of halogens is 2. The Labute approximate surface area is 129 Å². The van der Waals surface area contributed by atoms with Crippen molar-refractivity contribution in [2.24, 2.45) is 5.73 Å². The van der Waals surface area contributed by atoms with Crippen LogP contribution in [0, 0.1) is 0 Å². The summed E-state index contributed by atoms with van der Waals surface area (Å²) in [6, 6.07) is 9.72. The van der Waals surface area contributed by atoms with Crippen molar-refractivity contribution in [2.75, 3.05) is 11.9 Å². The van der Waals surface area contributed by atoms with E-state index in [4.69, 9.17) is 28.9 Å². The van der Waals surface area contributed by atoms with E-state index >= 15 is 0 Å². The number of benzene rings is 1. The van der Waals surface area contributed by atoms with E-state index in [1.165, 1.54) is 0 Å². The highest BCUT2D eigenvalue weighted by Gasteiger charge is 2.17. The van der Waals surface area contributed by atoms with Gasteiger partial charge < -0.3 is 10.6 Å². The van der Waals surface area contributed by atoms with Gasteiger partial charge in [-0.25, -0.2) is 4.98 Å². The van der Waals surface area contributed by atoms with E-state index in [1.807, 2.05) is 42.3 Å². The van der Waals surface area contributed by atoms with Crippen LogP contribution in [-0.4, -0.2) is 12.0 Å². The Morgan fingerprint density at radius 2 is 2.05 bits per heavy atom. The molecule has 0 saturated carbocycles. The summed E-state index contributed by atoms with van der Waals surface area (Å²) in [4.78, 5) is 6.38. The fraction of sp³-hybridized carbons (Fsp3) is 0.267. The first-order valence-electron chi connectivity index (χ1n) is 6.36. The highest BCUT2D eigenvalue weighted by Crippen LogP contribution is 2.32. The smallest absolute Gasteiger partial charge is 0.147 e. The third-order valence-corrected chi connectivity index (χ3v) is 4.06.